The zero-order chi connectivity index (χ0) is 20.0. The van der Waals surface area contributed by atoms with Crippen LogP contribution in [0.5, 0.6) is 0 Å². The number of hydrogen-bond donors (Lipinski definition) is 3. The van der Waals surface area contributed by atoms with Gasteiger partial charge in [-0.2, -0.15) is 5.10 Å². The number of aryl methyl sites for hydroxylation is 1. The molecule has 0 bridgehead atoms. The van der Waals surface area contributed by atoms with Gasteiger partial charge < -0.3 is 20.9 Å². The monoisotopic (exact) mass is 395 g/mol. The number of ether oxygens (including phenoxy) is 1. The fraction of sp³-hybridized carbons (Fsp3) is 0.500. The van der Waals surface area contributed by atoms with Crippen LogP contribution in [-0.2, 0) is 11.2 Å². The molecule has 1 saturated heterocycles. The van der Waals surface area contributed by atoms with Gasteiger partial charge in [-0.15, -0.1) is 0 Å². The predicted molar refractivity (Wildman–Crippen MR) is 109 cm³/mol. The molecule has 152 valence electrons. The van der Waals surface area contributed by atoms with Crippen molar-refractivity contribution in [2.75, 3.05) is 24.3 Å². The molecule has 1 aliphatic carbocycles. The molecule has 0 spiro atoms. The van der Waals surface area contributed by atoms with E-state index in [-0.39, 0.29) is 18.2 Å². The van der Waals surface area contributed by atoms with E-state index in [0.29, 0.717) is 30.1 Å². The molecule has 9 nitrogen and oxygen atoms in total. The third-order valence-electron chi connectivity index (χ3n) is 5.79. The van der Waals surface area contributed by atoms with E-state index in [1.807, 2.05) is 24.0 Å². The molecule has 3 aromatic heterocycles. The predicted octanol–water partition coefficient (Wildman–Crippen LogP) is 1.93. The fourth-order valence-corrected chi connectivity index (χ4v) is 4.00. The number of nitrogens with two attached hydrogens (primary N) is 1. The number of anilines is 2. The van der Waals surface area contributed by atoms with E-state index in [9.17, 15) is 5.11 Å². The first-order valence-electron chi connectivity index (χ1n) is 10.1. The van der Waals surface area contributed by atoms with Gasteiger partial charge in [-0.3, -0.25) is 4.68 Å². The van der Waals surface area contributed by atoms with Crippen molar-refractivity contribution < 1.29 is 9.84 Å². The minimum atomic E-state index is -0.247. The standard InChI is InChI=1S/C20H25N7O2/c1-2-16-20(24-12-3-4-14(28)5-12)26-17-15(7-22-19(21)18(17)25-16)11-6-23-27(8-11)13-9-29-10-13/h6-8,12-14,28H,2-5,9-10H2,1H3,(H2,21,22)(H,24,26)/t12?,14-/m0/s1. The summed E-state index contributed by atoms with van der Waals surface area (Å²) >= 11 is 0. The van der Waals surface area contributed by atoms with E-state index in [2.05, 4.69) is 15.4 Å². The zero-order valence-electron chi connectivity index (χ0n) is 16.4. The molecule has 2 aliphatic rings. The summed E-state index contributed by atoms with van der Waals surface area (Å²) in [5, 5.41) is 17.8. The van der Waals surface area contributed by atoms with Crippen molar-refractivity contribution in [2.24, 2.45) is 0 Å². The van der Waals surface area contributed by atoms with E-state index in [0.717, 1.165) is 48.3 Å². The fourth-order valence-electron chi connectivity index (χ4n) is 4.00. The number of aliphatic hydroxyl groups excluding tert-OH is 1. The van der Waals surface area contributed by atoms with Gasteiger partial charge in [0.25, 0.3) is 0 Å². The molecule has 0 amide bonds. The smallest absolute Gasteiger partial charge is 0.151 e. The normalized spacial score (nSPS) is 22.1. The van der Waals surface area contributed by atoms with Gasteiger partial charge in [-0.25, -0.2) is 15.0 Å². The largest absolute Gasteiger partial charge is 0.393 e. The Morgan fingerprint density at radius 1 is 1.24 bits per heavy atom. The second kappa shape index (κ2) is 7.23. The van der Waals surface area contributed by atoms with Crippen LogP contribution < -0.4 is 11.1 Å². The highest BCUT2D eigenvalue weighted by molar-refractivity contribution is 5.96. The molecule has 2 fully saturated rings. The molecular formula is C20H25N7O2. The Morgan fingerprint density at radius 3 is 2.79 bits per heavy atom. The molecule has 4 N–H and O–H groups in total. The molecule has 29 heavy (non-hydrogen) atoms. The van der Waals surface area contributed by atoms with Crippen molar-refractivity contribution in [2.45, 2.75) is 50.8 Å². The van der Waals surface area contributed by atoms with Crippen LogP contribution in [-0.4, -0.2) is 55.2 Å². The van der Waals surface area contributed by atoms with E-state index in [1.165, 1.54) is 0 Å². The van der Waals surface area contributed by atoms with Crippen LogP contribution in [0.25, 0.3) is 22.2 Å². The molecule has 1 unspecified atom stereocenters. The van der Waals surface area contributed by atoms with Gasteiger partial charge in [0.1, 0.15) is 16.9 Å². The summed E-state index contributed by atoms with van der Waals surface area (Å²) in [5.74, 6) is 1.12. The maximum Gasteiger partial charge on any atom is 0.151 e. The Labute approximate surface area is 168 Å². The van der Waals surface area contributed by atoms with Gasteiger partial charge >= 0.3 is 0 Å². The lowest BCUT2D eigenvalue weighted by Crippen LogP contribution is -2.30. The number of aromatic nitrogens is 5. The van der Waals surface area contributed by atoms with E-state index >= 15 is 0 Å². The summed E-state index contributed by atoms with van der Waals surface area (Å²) in [6, 6.07) is 0.478. The second-order valence-electron chi connectivity index (χ2n) is 7.84. The molecule has 3 aromatic rings. The summed E-state index contributed by atoms with van der Waals surface area (Å²) in [5.41, 5.74) is 10.1. The number of fused-ring (bicyclic) bond motifs is 1. The lowest BCUT2D eigenvalue weighted by atomic mass is 10.1. The lowest BCUT2D eigenvalue weighted by molar-refractivity contribution is -0.0286. The number of rotatable bonds is 5. The third-order valence-corrected chi connectivity index (χ3v) is 5.79. The average Bonchev–Trinajstić information content (AvgIpc) is 3.30. The number of nitrogen functional groups attached to an aromatic ring is 1. The number of nitrogens with one attached hydrogen (secondary N) is 1. The first-order valence-corrected chi connectivity index (χ1v) is 10.1. The van der Waals surface area contributed by atoms with Crippen molar-refractivity contribution in [3.05, 3.63) is 24.3 Å². The third kappa shape index (κ3) is 3.30. The van der Waals surface area contributed by atoms with Gasteiger partial charge in [0, 0.05) is 29.6 Å². The number of pyridine rings is 1. The highest BCUT2D eigenvalue weighted by Crippen LogP contribution is 2.32. The molecule has 9 heteroatoms. The van der Waals surface area contributed by atoms with Crippen LogP contribution >= 0.6 is 0 Å². The van der Waals surface area contributed by atoms with Gasteiger partial charge in [0.05, 0.1) is 37.3 Å². The molecular weight excluding hydrogens is 370 g/mol. The minimum absolute atomic E-state index is 0.200. The topological polar surface area (TPSA) is 124 Å². The van der Waals surface area contributed by atoms with Gasteiger partial charge in [0.15, 0.2) is 5.82 Å². The highest BCUT2D eigenvalue weighted by atomic mass is 16.5. The molecule has 1 aliphatic heterocycles. The highest BCUT2D eigenvalue weighted by Gasteiger charge is 2.25. The first-order chi connectivity index (χ1) is 14.1. The van der Waals surface area contributed by atoms with Crippen LogP contribution in [0, 0.1) is 0 Å². The minimum Gasteiger partial charge on any atom is -0.393 e. The molecule has 2 atom stereocenters. The number of nitrogens with zero attached hydrogens (tertiary/aromatic N) is 5. The van der Waals surface area contributed by atoms with Crippen LogP contribution in [0.4, 0.5) is 11.6 Å². The average molecular weight is 395 g/mol. The summed E-state index contributed by atoms with van der Waals surface area (Å²) < 4.78 is 7.19. The summed E-state index contributed by atoms with van der Waals surface area (Å²) in [6.07, 6.45) is 8.49. The Hall–Kier alpha value is -2.78. The summed E-state index contributed by atoms with van der Waals surface area (Å²) in [6.45, 7) is 3.41. The van der Waals surface area contributed by atoms with Gasteiger partial charge in [-0.05, 0) is 25.7 Å². The van der Waals surface area contributed by atoms with Crippen molar-refractivity contribution in [1.29, 1.82) is 0 Å². The van der Waals surface area contributed by atoms with Crippen LogP contribution in [0.1, 0.15) is 37.9 Å². The Morgan fingerprint density at radius 2 is 2.10 bits per heavy atom. The molecule has 0 aromatic carbocycles. The molecule has 0 radical (unpaired) electrons. The molecule has 1 saturated carbocycles. The van der Waals surface area contributed by atoms with Crippen LogP contribution in [0.3, 0.4) is 0 Å². The Bertz CT molecular complexity index is 1050. The maximum atomic E-state index is 9.86. The van der Waals surface area contributed by atoms with Crippen molar-refractivity contribution >= 4 is 22.7 Å². The maximum absolute atomic E-state index is 9.86. The van der Waals surface area contributed by atoms with Crippen molar-refractivity contribution in [1.82, 2.24) is 24.7 Å². The van der Waals surface area contributed by atoms with Gasteiger partial charge in [-0.1, -0.05) is 6.92 Å². The summed E-state index contributed by atoms with van der Waals surface area (Å²) in [7, 11) is 0. The van der Waals surface area contributed by atoms with Crippen molar-refractivity contribution in [3.8, 4) is 11.1 Å². The van der Waals surface area contributed by atoms with E-state index in [1.54, 1.807) is 6.20 Å². The lowest BCUT2D eigenvalue weighted by Gasteiger charge is -2.25. The van der Waals surface area contributed by atoms with Crippen LogP contribution in [0.15, 0.2) is 18.6 Å². The Kier molecular flexibility index (Phi) is 4.56. The zero-order valence-corrected chi connectivity index (χ0v) is 16.4. The Balaban J connectivity index is 1.58. The van der Waals surface area contributed by atoms with E-state index in [4.69, 9.17) is 20.4 Å². The second-order valence-corrected chi connectivity index (χ2v) is 7.84. The van der Waals surface area contributed by atoms with Crippen LogP contribution in [0.2, 0.25) is 0 Å². The summed E-state index contributed by atoms with van der Waals surface area (Å²) in [4.78, 5) is 14.1. The number of aliphatic hydroxyl groups is 1. The molecule has 4 heterocycles. The van der Waals surface area contributed by atoms with Gasteiger partial charge in [0.2, 0.25) is 0 Å². The number of hydrogen-bond acceptors (Lipinski definition) is 8. The first kappa shape index (κ1) is 18.3. The van der Waals surface area contributed by atoms with Crippen molar-refractivity contribution in [3.63, 3.8) is 0 Å². The SMILES string of the molecule is CCc1nc2c(N)ncc(-c3cnn(C4COC4)c3)c2nc1NC1CC[C@H](O)C1. The quantitative estimate of drug-likeness (QED) is 0.599. The molecule has 5 rings (SSSR count). The van der Waals surface area contributed by atoms with E-state index < -0.39 is 0 Å².